The molecule has 0 bridgehead atoms. The summed E-state index contributed by atoms with van der Waals surface area (Å²) in [6.45, 7) is 3.45. The van der Waals surface area contributed by atoms with Crippen molar-refractivity contribution in [3.8, 4) is 0 Å². The van der Waals surface area contributed by atoms with Crippen LogP contribution in [-0.2, 0) is 14.3 Å². The highest BCUT2D eigenvalue weighted by molar-refractivity contribution is 5.80. The van der Waals surface area contributed by atoms with Crippen molar-refractivity contribution in [2.75, 3.05) is 13.2 Å². The highest BCUT2D eigenvalue weighted by Crippen LogP contribution is 2.23. The van der Waals surface area contributed by atoms with Crippen molar-refractivity contribution in [2.24, 2.45) is 0 Å². The van der Waals surface area contributed by atoms with E-state index in [4.69, 9.17) is 9.47 Å². The number of rotatable bonds is 47. The summed E-state index contributed by atoms with van der Waals surface area (Å²) >= 11 is 0. The van der Waals surface area contributed by atoms with Gasteiger partial charge in [-0.05, 0) is 64.2 Å². The lowest BCUT2D eigenvalue weighted by molar-refractivity contribution is -0.303. The SMILES string of the molecule is CCCCCCCCCCC/C=C/CC/C=C/CC/C=C/CCCC(O)C(O)C(COC1OC(CO)C(O)C(O)C1O)NC(=O)C(O)CCCCCCCCCCCCCCCCCCCC. The Hall–Kier alpha value is -1.67. The van der Waals surface area contributed by atoms with Gasteiger partial charge in [0.15, 0.2) is 6.29 Å². The van der Waals surface area contributed by atoms with Crippen LogP contribution in [0.4, 0.5) is 0 Å². The summed E-state index contributed by atoms with van der Waals surface area (Å²) in [4.78, 5) is 13.2. The molecule has 1 rings (SSSR count). The molecular formula is C56H105NO10. The second-order valence-electron chi connectivity index (χ2n) is 19.6. The maximum atomic E-state index is 13.2. The number of hydrogen-bond acceptors (Lipinski definition) is 10. The van der Waals surface area contributed by atoms with Crippen LogP contribution in [0.15, 0.2) is 36.5 Å². The van der Waals surface area contributed by atoms with Gasteiger partial charge in [-0.1, -0.05) is 217 Å². The molecule has 8 N–H and O–H groups in total. The van der Waals surface area contributed by atoms with E-state index < -0.39 is 74.2 Å². The highest BCUT2D eigenvalue weighted by Gasteiger charge is 2.44. The van der Waals surface area contributed by atoms with Crippen molar-refractivity contribution in [1.29, 1.82) is 0 Å². The molecule has 0 saturated carbocycles. The molecule has 1 amide bonds. The van der Waals surface area contributed by atoms with Gasteiger partial charge >= 0.3 is 0 Å². The number of aliphatic hydroxyl groups excluding tert-OH is 7. The zero-order valence-electron chi connectivity index (χ0n) is 42.9. The Labute approximate surface area is 409 Å². The van der Waals surface area contributed by atoms with Crippen LogP contribution in [0.5, 0.6) is 0 Å². The maximum Gasteiger partial charge on any atom is 0.249 e. The molecule has 1 saturated heterocycles. The Morgan fingerprint density at radius 2 is 0.896 bits per heavy atom. The first-order valence-corrected chi connectivity index (χ1v) is 27.9. The van der Waals surface area contributed by atoms with Crippen molar-refractivity contribution < 1.29 is 50.0 Å². The van der Waals surface area contributed by atoms with Gasteiger partial charge in [0.1, 0.15) is 36.6 Å². The Morgan fingerprint density at radius 3 is 1.33 bits per heavy atom. The standard InChI is InChI=1S/C56H105NO10/c1-3-5-7-9-11-13-15-17-19-21-23-24-25-26-28-29-31-33-35-37-39-41-43-48(59)51(61)47(46-66-56-54(64)53(63)52(62)50(45-58)67-56)57-55(65)49(60)44-42-40-38-36-34-32-30-27-22-20-18-16-14-12-10-8-6-4-2/h23-24,28-29,35,37,47-54,56,58-64H,3-22,25-27,30-34,36,38-46H2,1-2H3,(H,57,65)/b24-23+,29-28+,37-35+. The van der Waals surface area contributed by atoms with Gasteiger partial charge in [-0.3, -0.25) is 4.79 Å². The molecular weight excluding hydrogens is 847 g/mol. The van der Waals surface area contributed by atoms with Crippen molar-refractivity contribution in [1.82, 2.24) is 5.32 Å². The van der Waals surface area contributed by atoms with Crippen LogP contribution < -0.4 is 5.32 Å². The second kappa shape index (κ2) is 45.5. The van der Waals surface area contributed by atoms with E-state index in [-0.39, 0.29) is 12.8 Å². The summed E-state index contributed by atoms with van der Waals surface area (Å²) in [6.07, 6.45) is 43.3. The number of aliphatic hydroxyl groups is 7. The van der Waals surface area contributed by atoms with Crippen LogP contribution in [0.25, 0.3) is 0 Å². The molecule has 0 aromatic carbocycles. The Bertz CT molecular complexity index is 1180. The average Bonchev–Trinajstić information content (AvgIpc) is 3.33. The minimum absolute atomic E-state index is 0.242. The van der Waals surface area contributed by atoms with Crippen LogP contribution in [-0.4, -0.2) is 110 Å². The molecule has 67 heavy (non-hydrogen) atoms. The molecule has 1 heterocycles. The molecule has 0 aromatic rings. The van der Waals surface area contributed by atoms with E-state index in [0.717, 1.165) is 44.9 Å². The first kappa shape index (κ1) is 63.3. The van der Waals surface area contributed by atoms with Gasteiger partial charge in [0.2, 0.25) is 5.91 Å². The van der Waals surface area contributed by atoms with Crippen LogP contribution in [0.3, 0.4) is 0 Å². The van der Waals surface area contributed by atoms with Gasteiger partial charge in [-0.25, -0.2) is 0 Å². The Kier molecular flexibility index (Phi) is 43.0. The molecule has 1 fully saturated rings. The molecule has 11 heteroatoms. The zero-order chi connectivity index (χ0) is 49.0. The predicted octanol–water partition coefficient (Wildman–Crippen LogP) is 11.1. The number of unbranched alkanes of at least 4 members (excludes halogenated alkanes) is 29. The summed E-state index contributed by atoms with van der Waals surface area (Å²) in [7, 11) is 0. The fourth-order valence-corrected chi connectivity index (χ4v) is 8.83. The quantitative estimate of drug-likeness (QED) is 0.0215. The van der Waals surface area contributed by atoms with E-state index in [1.54, 1.807) is 0 Å². The molecule has 9 unspecified atom stereocenters. The molecule has 0 radical (unpaired) electrons. The summed E-state index contributed by atoms with van der Waals surface area (Å²) in [5.41, 5.74) is 0. The number of amides is 1. The van der Waals surface area contributed by atoms with E-state index in [2.05, 4.69) is 55.6 Å². The number of hydrogen-bond donors (Lipinski definition) is 8. The topological polar surface area (TPSA) is 189 Å². The molecule has 0 spiro atoms. The lowest BCUT2D eigenvalue weighted by Crippen LogP contribution is -2.60. The molecule has 0 aliphatic carbocycles. The van der Waals surface area contributed by atoms with Crippen LogP contribution in [0.1, 0.15) is 245 Å². The first-order chi connectivity index (χ1) is 32.7. The molecule has 0 aromatic heterocycles. The summed E-state index contributed by atoms with van der Waals surface area (Å²) in [6, 6.07) is -1.19. The van der Waals surface area contributed by atoms with Crippen LogP contribution in [0, 0.1) is 0 Å². The second-order valence-corrected chi connectivity index (χ2v) is 19.6. The summed E-state index contributed by atoms with van der Waals surface area (Å²) in [5.74, 6) is -0.710. The maximum absolute atomic E-state index is 13.2. The normalized spacial score (nSPS) is 20.9. The Balaban J connectivity index is 2.39. The molecule has 1 aliphatic rings. The summed E-state index contributed by atoms with van der Waals surface area (Å²) in [5, 5.41) is 76.0. The fraction of sp³-hybridized carbons (Fsp3) is 0.875. The van der Waals surface area contributed by atoms with Crippen LogP contribution >= 0.6 is 0 Å². The molecule has 11 nitrogen and oxygen atoms in total. The number of ether oxygens (including phenoxy) is 2. The predicted molar refractivity (Wildman–Crippen MR) is 275 cm³/mol. The smallest absolute Gasteiger partial charge is 0.249 e. The largest absolute Gasteiger partial charge is 0.394 e. The van der Waals surface area contributed by atoms with Crippen molar-refractivity contribution in [2.45, 2.75) is 300 Å². The zero-order valence-corrected chi connectivity index (χ0v) is 42.9. The third kappa shape index (κ3) is 34.3. The molecule has 394 valence electrons. The lowest BCUT2D eigenvalue weighted by atomic mass is 9.98. The summed E-state index contributed by atoms with van der Waals surface area (Å²) < 4.78 is 11.1. The van der Waals surface area contributed by atoms with Gasteiger partial charge in [0.05, 0.1) is 25.4 Å². The number of carbonyl (C=O) groups is 1. The highest BCUT2D eigenvalue weighted by atomic mass is 16.7. The van der Waals surface area contributed by atoms with E-state index in [0.29, 0.717) is 19.3 Å². The third-order valence-corrected chi connectivity index (χ3v) is 13.4. The van der Waals surface area contributed by atoms with Crippen molar-refractivity contribution >= 4 is 5.91 Å². The van der Waals surface area contributed by atoms with Gasteiger partial charge < -0.3 is 50.5 Å². The van der Waals surface area contributed by atoms with E-state index in [1.165, 1.54) is 154 Å². The Morgan fingerprint density at radius 1 is 0.507 bits per heavy atom. The lowest BCUT2D eigenvalue weighted by Gasteiger charge is -2.40. The minimum Gasteiger partial charge on any atom is -0.394 e. The third-order valence-electron chi connectivity index (χ3n) is 13.4. The van der Waals surface area contributed by atoms with Gasteiger partial charge in [-0.2, -0.15) is 0 Å². The van der Waals surface area contributed by atoms with Gasteiger partial charge in [0.25, 0.3) is 0 Å². The minimum atomic E-state index is -1.67. The average molecular weight is 952 g/mol. The van der Waals surface area contributed by atoms with Crippen LogP contribution in [0.2, 0.25) is 0 Å². The molecule has 1 aliphatic heterocycles. The van der Waals surface area contributed by atoms with Crippen molar-refractivity contribution in [3.63, 3.8) is 0 Å². The molecule has 9 atom stereocenters. The van der Waals surface area contributed by atoms with Gasteiger partial charge in [0, 0.05) is 0 Å². The fourth-order valence-electron chi connectivity index (χ4n) is 8.83. The van der Waals surface area contributed by atoms with E-state index >= 15 is 0 Å². The van der Waals surface area contributed by atoms with E-state index in [9.17, 15) is 40.5 Å². The number of allylic oxidation sites excluding steroid dienone is 6. The number of nitrogens with one attached hydrogen (secondary N) is 1. The van der Waals surface area contributed by atoms with E-state index in [1.807, 2.05) is 0 Å². The monoisotopic (exact) mass is 952 g/mol. The first-order valence-electron chi connectivity index (χ1n) is 27.9. The van der Waals surface area contributed by atoms with Crippen molar-refractivity contribution in [3.05, 3.63) is 36.5 Å². The number of carbonyl (C=O) groups excluding carboxylic acids is 1. The van der Waals surface area contributed by atoms with Gasteiger partial charge in [-0.15, -0.1) is 0 Å².